The van der Waals surface area contributed by atoms with E-state index in [9.17, 15) is 0 Å². The van der Waals surface area contributed by atoms with Gasteiger partial charge in [-0.3, -0.25) is 0 Å². The van der Waals surface area contributed by atoms with Crippen molar-refractivity contribution >= 4 is 17.0 Å². The molecule has 0 atom stereocenters. The minimum Gasteiger partial charge on any atom is -0.312 e. The lowest BCUT2D eigenvalue weighted by Crippen LogP contribution is -1.99. The lowest BCUT2D eigenvalue weighted by molar-refractivity contribution is 0.505. The van der Waals surface area contributed by atoms with Crippen LogP contribution in [-0.2, 0) is 0 Å². The van der Waals surface area contributed by atoms with Gasteiger partial charge in [0.1, 0.15) is 0 Å². The van der Waals surface area contributed by atoms with Gasteiger partial charge in [-0.1, -0.05) is 103 Å². The Kier molecular flexibility index (Phi) is 22.4. The summed E-state index contributed by atoms with van der Waals surface area (Å²) in [5, 5.41) is 0. The first-order chi connectivity index (χ1) is 10.7. The molecule has 0 saturated heterocycles. The number of nitrogens with zero attached hydrogens (tertiary/aromatic N) is 1. The molecular formula is C21H44BrN. The van der Waals surface area contributed by atoms with E-state index in [-0.39, 0.29) is 17.0 Å². The summed E-state index contributed by atoms with van der Waals surface area (Å²) in [5.41, 5.74) is 0. The molecule has 1 nitrogen and oxygen atoms in total. The molecule has 23 heavy (non-hydrogen) atoms. The number of hydrogen-bond donors (Lipinski definition) is 0. The second-order valence-corrected chi connectivity index (χ2v) is 7.42. The van der Waals surface area contributed by atoms with Crippen LogP contribution >= 0.6 is 17.0 Å². The minimum absolute atomic E-state index is 0. The summed E-state index contributed by atoms with van der Waals surface area (Å²) in [6.07, 6.45) is 25.1. The largest absolute Gasteiger partial charge is 0.312 e. The Bertz CT molecular complexity index is 229. The van der Waals surface area contributed by atoms with E-state index in [2.05, 4.69) is 19.1 Å². The minimum atomic E-state index is 0. The fourth-order valence-electron chi connectivity index (χ4n) is 2.67. The predicted octanol–water partition coefficient (Wildman–Crippen LogP) is 7.41. The van der Waals surface area contributed by atoms with Crippen molar-refractivity contribution < 1.29 is 0 Å². The van der Waals surface area contributed by atoms with Crippen LogP contribution in [0.1, 0.15) is 96.8 Å². The summed E-state index contributed by atoms with van der Waals surface area (Å²) in [6.45, 7) is 2.29. The first kappa shape index (κ1) is 25.4. The third-order valence-corrected chi connectivity index (χ3v) is 4.11. The first-order valence-electron chi connectivity index (χ1n) is 9.96. The Morgan fingerprint density at radius 3 is 1.22 bits per heavy atom. The number of rotatable bonds is 14. The molecule has 0 radical (unpaired) electrons. The summed E-state index contributed by atoms with van der Waals surface area (Å²) in [6, 6.07) is 0. The normalized spacial score (nSPS) is 12.7. The maximum atomic E-state index is 2.33. The molecule has 0 aliphatic heterocycles. The van der Waals surface area contributed by atoms with Crippen LogP contribution in [0.15, 0.2) is 12.2 Å². The summed E-state index contributed by atoms with van der Waals surface area (Å²) >= 11 is 0. The fourth-order valence-corrected chi connectivity index (χ4v) is 2.67. The Labute approximate surface area is 158 Å². The van der Waals surface area contributed by atoms with E-state index in [0.717, 1.165) is 5.92 Å². The molecule has 0 aromatic rings. The molecule has 0 bridgehead atoms. The maximum Gasteiger partial charge on any atom is -0.00531 e. The average molecular weight is 390 g/mol. The molecule has 0 aromatic heterocycles. The van der Waals surface area contributed by atoms with E-state index >= 15 is 0 Å². The number of allylic oxidation sites excluding steroid dienone is 2. The molecule has 0 fully saturated rings. The van der Waals surface area contributed by atoms with Gasteiger partial charge in [-0.05, 0) is 33.5 Å². The van der Waals surface area contributed by atoms with E-state index in [4.69, 9.17) is 0 Å². The quantitative estimate of drug-likeness (QED) is 0.220. The van der Waals surface area contributed by atoms with Gasteiger partial charge in [0.25, 0.3) is 0 Å². The molecule has 140 valence electrons. The first-order valence-corrected chi connectivity index (χ1v) is 9.96. The van der Waals surface area contributed by atoms with Crippen LogP contribution in [0.4, 0.5) is 0 Å². The molecule has 1 rings (SSSR count). The molecule has 0 N–H and O–H groups in total. The summed E-state index contributed by atoms with van der Waals surface area (Å²) in [7, 11) is 6.00. The Morgan fingerprint density at radius 1 is 0.609 bits per heavy atom. The highest BCUT2D eigenvalue weighted by molar-refractivity contribution is 8.93. The summed E-state index contributed by atoms with van der Waals surface area (Å²) in [4.78, 5) is 2.00. The van der Waals surface area contributed by atoms with Gasteiger partial charge in [-0.25, -0.2) is 0 Å². The molecule has 1 aliphatic carbocycles. The van der Waals surface area contributed by atoms with Crippen LogP contribution in [-0.4, -0.2) is 26.0 Å². The van der Waals surface area contributed by atoms with Gasteiger partial charge >= 0.3 is 0 Å². The van der Waals surface area contributed by atoms with Gasteiger partial charge < -0.3 is 4.90 Å². The molecule has 2 heteroatoms. The zero-order valence-corrected chi connectivity index (χ0v) is 18.2. The molecule has 0 heterocycles. The Hall–Kier alpha value is 0.180. The number of hydrogen-bond acceptors (Lipinski definition) is 1. The van der Waals surface area contributed by atoms with Crippen molar-refractivity contribution in [3.05, 3.63) is 12.2 Å². The van der Waals surface area contributed by atoms with Crippen molar-refractivity contribution in [3.63, 3.8) is 0 Å². The van der Waals surface area contributed by atoms with Gasteiger partial charge in [-0.15, -0.1) is 17.0 Å². The van der Waals surface area contributed by atoms with Gasteiger partial charge in [-0.2, -0.15) is 0 Å². The SMILES string of the molecule is Br.CCCCCCCCCCCCCCCC1C=C1.CN(C)C. The lowest BCUT2D eigenvalue weighted by Gasteiger charge is -2.03. The van der Waals surface area contributed by atoms with Crippen LogP contribution < -0.4 is 0 Å². The molecule has 0 spiro atoms. The third-order valence-electron chi connectivity index (χ3n) is 4.11. The van der Waals surface area contributed by atoms with Crippen molar-refractivity contribution in [2.24, 2.45) is 5.92 Å². The van der Waals surface area contributed by atoms with E-state index in [1.165, 1.54) is 89.9 Å². The van der Waals surface area contributed by atoms with E-state index < -0.39 is 0 Å². The molecule has 0 amide bonds. The third kappa shape index (κ3) is 27.3. The van der Waals surface area contributed by atoms with E-state index in [1.807, 2.05) is 26.0 Å². The highest BCUT2D eigenvalue weighted by Crippen LogP contribution is 2.23. The van der Waals surface area contributed by atoms with E-state index in [0.29, 0.717) is 0 Å². The number of halogens is 1. The molecule has 0 unspecified atom stereocenters. The van der Waals surface area contributed by atoms with E-state index in [1.54, 1.807) is 0 Å². The van der Waals surface area contributed by atoms with Crippen LogP contribution in [0, 0.1) is 5.92 Å². The molecule has 0 aromatic carbocycles. The van der Waals surface area contributed by atoms with Gasteiger partial charge in [0.2, 0.25) is 0 Å². The number of unbranched alkanes of at least 4 members (excludes halogenated alkanes) is 12. The molecule has 0 saturated carbocycles. The van der Waals surface area contributed by atoms with Crippen LogP contribution in [0.2, 0.25) is 0 Å². The van der Waals surface area contributed by atoms with Gasteiger partial charge in [0, 0.05) is 0 Å². The molecule has 1 aliphatic rings. The van der Waals surface area contributed by atoms with Crippen molar-refractivity contribution in [1.82, 2.24) is 4.90 Å². The maximum absolute atomic E-state index is 2.33. The second-order valence-electron chi connectivity index (χ2n) is 7.42. The lowest BCUT2D eigenvalue weighted by atomic mass is 10.0. The van der Waals surface area contributed by atoms with Crippen LogP contribution in [0.5, 0.6) is 0 Å². The summed E-state index contributed by atoms with van der Waals surface area (Å²) in [5.74, 6) is 0.901. The second kappa shape index (κ2) is 20.2. The topological polar surface area (TPSA) is 3.24 Å². The smallest absolute Gasteiger partial charge is 0.00531 e. The molecular weight excluding hydrogens is 346 g/mol. The van der Waals surface area contributed by atoms with Crippen molar-refractivity contribution in [2.75, 3.05) is 21.1 Å². The average Bonchev–Trinajstić information content (AvgIpc) is 3.27. The van der Waals surface area contributed by atoms with Crippen molar-refractivity contribution in [2.45, 2.75) is 96.8 Å². The van der Waals surface area contributed by atoms with Crippen molar-refractivity contribution in [3.8, 4) is 0 Å². The standard InChI is InChI=1S/C18H34.C3H9N.BrH/c1-2-3-4-5-6-7-8-9-10-11-12-13-14-15-18-16-17-18;1-4(2)3;/h16-18H,2-15H2,1H3;1-3H3;1H. The Balaban J connectivity index is 0. The summed E-state index contributed by atoms with van der Waals surface area (Å²) < 4.78 is 0. The predicted molar refractivity (Wildman–Crippen MR) is 113 cm³/mol. The van der Waals surface area contributed by atoms with Crippen LogP contribution in [0.3, 0.4) is 0 Å². The highest BCUT2D eigenvalue weighted by Gasteiger charge is 2.08. The Morgan fingerprint density at radius 2 is 0.913 bits per heavy atom. The fraction of sp³-hybridized carbons (Fsp3) is 0.905. The van der Waals surface area contributed by atoms with Crippen molar-refractivity contribution in [1.29, 1.82) is 0 Å². The van der Waals surface area contributed by atoms with Crippen LogP contribution in [0.25, 0.3) is 0 Å². The van der Waals surface area contributed by atoms with Gasteiger partial charge in [0.05, 0.1) is 0 Å². The van der Waals surface area contributed by atoms with Gasteiger partial charge in [0.15, 0.2) is 0 Å². The zero-order chi connectivity index (χ0) is 16.5. The monoisotopic (exact) mass is 389 g/mol. The zero-order valence-electron chi connectivity index (χ0n) is 16.5. The highest BCUT2D eigenvalue weighted by atomic mass is 79.9.